The SMILES string of the molecule is Cc1ccccc1Cc1csc(N2CCC(S(=O)(=O)c3ccc(F)cc3Cl)CC2)n1. The van der Waals surface area contributed by atoms with E-state index in [2.05, 4.69) is 29.3 Å². The largest absolute Gasteiger partial charge is 0.348 e. The molecule has 30 heavy (non-hydrogen) atoms. The van der Waals surface area contributed by atoms with E-state index in [1.54, 1.807) is 11.3 Å². The highest BCUT2D eigenvalue weighted by Crippen LogP contribution is 2.32. The van der Waals surface area contributed by atoms with E-state index in [1.165, 1.54) is 17.2 Å². The van der Waals surface area contributed by atoms with Crippen molar-refractivity contribution in [3.05, 3.63) is 75.5 Å². The van der Waals surface area contributed by atoms with E-state index in [1.807, 2.05) is 12.1 Å². The first-order valence-electron chi connectivity index (χ1n) is 9.77. The molecule has 4 nitrogen and oxygen atoms in total. The molecule has 1 aliphatic rings. The summed E-state index contributed by atoms with van der Waals surface area (Å²) in [6.45, 7) is 3.32. The summed E-state index contributed by atoms with van der Waals surface area (Å²) in [4.78, 5) is 6.93. The zero-order chi connectivity index (χ0) is 21.3. The van der Waals surface area contributed by atoms with Crippen LogP contribution >= 0.6 is 22.9 Å². The molecule has 8 heteroatoms. The van der Waals surface area contributed by atoms with E-state index in [9.17, 15) is 12.8 Å². The third-order valence-electron chi connectivity index (χ3n) is 5.52. The highest BCUT2D eigenvalue weighted by atomic mass is 35.5. The summed E-state index contributed by atoms with van der Waals surface area (Å²) in [5.41, 5.74) is 3.53. The third-order valence-corrected chi connectivity index (χ3v) is 9.22. The van der Waals surface area contributed by atoms with Crippen molar-refractivity contribution in [2.24, 2.45) is 0 Å². The van der Waals surface area contributed by atoms with Crippen LogP contribution in [-0.4, -0.2) is 31.7 Å². The van der Waals surface area contributed by atoms with Gasteiger partial charge in [0.05, 0.1) is 20.9 Å². The molecule has 0 N–H and O–H groups in total. The Kier molecular flexibility index (Phi) is 6.14. The van der Waals surface area contributed by atoms with Crippen molar-refractivity contribution in [1.82, 2.24) is 4.98 Å². The summed E-state index contributed by atoms with van der Waals surface area (Å²) in [5.74, 6) is -0.543. The molecule has 0 saturated carbocycles. The minimum Gasteiger partial charge on any atom is -0.348 e. The van der Waals surface area contributed by atoms with Crippen molar-refractivity contribution in [3.63, 3.8) is 0 Å². The summed E-state index contributed by atoms with van der Waals surface area (Å²) in [6, 6.07) is 11.7. The monoisotopic (exact) mass is 464 g/mol. The fraction of sp³-hybridized carbons (Fsp3) is 0.318. The molecule has 0 radical (unpaired) electrons. The number of anilines is 1. The Morgan fingerprint density at radius 2 is 1.93 bits per heavy atom. The Balaban J connectivity index is 1.42. The van der Waals surface area contributed by atoms with E-state index in [0.717, 1.165) is 29.4 Å². The quantitative estimate of drug-likeness (QED) is 0.482. The summed E-state index contributed by atoms with van der Waals surface area (Å²) >= 11 is 7.59. The number of aromatic nitrogens is 1. The fourth-order valence-electron chi connectivity index (χ4n) is 3.77. The second-order valence-corrected chi connectivity index (χ2v) is 11.0. The number of halogens is 2. The molecule has 3 aromatic rings. The van der Waals surface area contributed by atoms with Gasteiger partial charge in [0.1, 0.15) is 5.82 Å². The second-order valence-electron chi connectivity index (χ2n) is 7.53. The van der Waals surface area contributed by atoms with Crippen LogP contribution in [0.2, 0.25) is 5.02 Å². The van der Waals surface area contributed by atoms with Gasteiger partial charge in [0.25, 0.3) is 0 Å². The van der Waals surface area contributed by atoms with Gasteiger partial charge in [0.15, 0.2) is 15.0 Å². The number of hydrogen-bond acceptors (Lipinski definition) is 5. The Bertz CT molecular complexity index is 1160. The minimum absolute atomic E-state index is 0.0128. The van der Waals surface area contributed by atoms with Crippen LogP contribution in [0.15, 0.2) is 52.7 Å². The normalized spacial score (nSPS) is 15.5. The molecular weight excluding hydrogens is 443 g/mol. The van der Waals surface area contributed by atoms with E-state index in [0.29, 0.717) is 25.9 Å². The summed E-state index contributed by atoms with van der Waals surface area (Å²) in [6.07, 6.45) is 1.77. The van der Waals surface area contributed by atoms with Crippen LogP contribution in [-0.2, 0) is 16.3 Å². The number of aryl methyl sites for hydroxylation is 1. The van der Waals surface area contributed by atoms with Crippen molar-refractivity contribution in [3.8, 4) is 0 Å². The number of nitrogens with zero attached hydrogens (tertiary/aromatic N) is 2. The van der Waals surface area contributed by atoms with Gasteiger partial charge < -0.3 is 4.90 Å². The first kappa shape index (κ1) is 21.3. The van der Waals surface area contributed by atoms with Gasteiger partial charge in [0.2, 0.25) is 0 Å². The first-order valence-corrected chi connectivity index (χ1v) is 12.6. The van der Waals surface area contributed by atoms with Gasteiger partial charge in [-0.25, -0.2) is 17.8 Å². The maximum absolute atomic E-state index is 13.3. The molecule has 1 aliphatic heterocycles. The van der Waals surface area contributed by atoms with Gasteiger partial charge in [-0.3, -0.25) is 0 Å². The Morgan fingerprint density at radius 3 is 2.63 bits per heavy atom. The van der Waals surface area contributed by atoms with Gasteiger partial charge in [0, 0.05) is 24.9 Å². The van der Waals surface area contributed by atoms with Crippen molar-refractivity contribution >= 4 is 37.9 Å². The molecule has 0 spiro atoms. The van der Waals surface area contributed by atoms with Gasteiger partial charge in [-0.1, -0.05) is 35.9 Å². The molecule has 2 aromatic carbocycles. The van der Waals surface area contributed by atoms with Crippen LogP contribution in [0.5, 0.6) is 0 Å². The standard InChI is InChI=1S/C22H22ClFN2O2S2/c1-15-4-2-3-5-16(15)12-18-14-29-22(25-18)26-10-8-19(9-11-26)30(27,28)21-7-6-17(24)13-20(21)23/h2-7,13-14,19H,8-12H2,1H3. The van der Waals surface area contributed by atoms with Crippen molar-refractivity contribution in [1.29, 1.82) is 0 Å². The number of thiazole rings is 1. The van der Waals surface area contributed by atoms with Gasteiger partial charge in [-0.2, -0.15) is 0 Å². The molecule has 0 atom stereocenters. The lowest BCUT2D eigenvalue weighted by atomic mass is 10.1. The zero-order valence-electron chi connectivity index (χ0n) is 16.5. The van der Waals surface area contributed by atoms with E-state index in [4.69, 9.17) is 16.6 Å². The smallest absolute Gasteiger partial charge is 0.185 e. The fourth-order valence-corrected chi connectivity index (χ4v) is 6.92. The van der Waals surface area contributed by atoms with Gasteiger partial charge >= 0.3 is 0 Å². The third kappa shape index (κ3) is 4.38. The zero-order valence-corrected chi connectivity index (χ0v) is 18.9. The van der Waals surface area contributed by atoms with Gasteiger partial charge in [-0.05, 0) is 49.1 Å². The summed E-state index contributed by atoms with van der Waals surface area (Å²) in [5, 5.41) is 2.42. The highest BCUT2D eigenvalue weighted by Gasteiger charge is 2.33. The van der Waals surface area contributed by atoms with Crippen LogP contribution in [0.25, 0.3) is 0 Å². The molecule has 0 unspecified atom stereocenters. The highest BCUT2D eigenvalue weighted by molar-refractivity contribution is 7.92. The Labute approximate surface area is 185 Å². The molecule has 158 valence electrons. The molecule has 1 aromatic heterocycles. The maximum Gasteiger partial charge on any atom is 0.185 e. The molecule has 0 amide bonds. The molecule has 1 fully saturated rings. The van der Waals surface area contributed by atoms with E-state index >= 15 is 0 Å². The summed E-state index contributed by atoms with van der Waals surface area (Å²) < 4.78 is 39.2. The Hall–Kier alpha value is -1.96. The van der Waals surface area contributed by atoms with Crippen LogP contribution in [0.3, 0.4) is 0 Å². The number of piperidine rings is 1. The lowest BCUT2D eigenvalue weighted by Gasteiger charge is -2.31. The Morgan fingerprint density at radius 1 is 1.20 bits per heavy atom. The number of benzene rings is 2. The molecule has 0 bridgehead atoms. The minimum atomic E-state index is -3.60. The molecule has 2 heterocycles. The maximum atomic E-state index is 13.3. The van der Waals surface area contributed by atoms with Crippen LogP contribution < -0.4 is 4.90 Å². The lowest BCUT2D eigenvalue weighted by Crippen LogP contribution is -2.39. The second kappa shape index (κ2) is 8.65. The van der Waals surface area contributed by atoms with Crippen LogP contribution in [0.1, 0.15) is 29.7 Å². The van der Waals surface area contributed by atoms with Crippen molar-refractivity contribution < 1.29 is 12.8 Å². The number of rotatable bonds is 5. The molecule has 1 saturated heterocycles. The molecule has 0 aliphatic carbocycles. The topological polar surface area (TPSA) is 50.3 Å². The predicted molar refractivity (Wildman–Crippen MR) is 120 cm³/mol. The van der Waals surface area contributed by atoms with Crippen LogP contribution in [0, 0.1) is 12.7 Å². The van der Waals surface area contributed by atoms with Gasteiger partial charge in [-0.15, -0.1) is 11.3 Å². The molecular formula is C22H22ClFN2O2S2. The van der Waals surface area contributed by atoms with Crippen molar-refractivity contribution in [2.75, 3.05) is 18.0 Å². The average Bonchev–Trinajstić information content (AvgIpc) is 3.18. The lowest BCUT2D eigenvalue weighted by molar-refractivity contribution is 0.529. The summed E-state index contributed by atoms with van der Waals surface area (Å²) in [7, 11) is -3.60. The average molecular weight is 465 g/mol. The van der Waals surface area contributed by atoms with Crippen LogP contribution in [0.4, 0.5) is 9.52 Å². The predicted octanol–water partition coefficient (Wildman–Crippen LogP) is 5.28. The number of sulfone groups is 1. The van der Waals surface area contributed by atoms with E-state index in [-0.39, 0.29) is 9.92 Å². The van der Waals surface area contributed by atoms with Crippen molar-refractivity contribution in [2.45, 2.75) is 36.3 Å². The molecule has 4 rings (SSSR count). The van der Waals surface area contributed by atoms with E-state index < -0.39 is 20.9 Å². The number of hydrogen-bond donors (Lipinski definition) is 0. The first-order chi connectivity index (χ1) is 14.3.